The number of hydrogen-bond acceptors (Lipinski definition) is 4. The van der Waals surface area contributed by atoms with E-state index in [2.05, 4.69) is 5.32 Å². The van der Waals surface area contributed by atoms with Gasteiger partial charge in [0.05, 0.1) is 5.69 Å². The summed E-state index contributed by atoms with van der Waals surface area (Å²) in [5.74, 6) is -0.768. The lowest BCUT2D eigenvalue weighted by molar-refractivity contribution is -0.120. The Hall–Kier alpha value is -3.02. The molecule has 6 heteroatoms. The molecule has 1 aliphatic heterocycles. The van der Waals surface area contributed by atoms with Crippen molar-refractivity contribution in [3.05, 3.63) is 99.0 Å². The molecule has 4 nitrogen and oxygen atoms in total. The van der Waals surface area contributed by atoms with Gasteiger partial charge in [0.25, 0.3) is 11.8 Å². The van der Waals surface area contributed by atoms with Crippen LogP contribution in [0.5, 0.6) is 0 Å². The molecule has 0 fully saturated rings. The number of anilines is 2. The molecule has 3 aromatic carbocycles. The molecule has 4 rings (SSSR count). The molecule has 31 heavy (non-hydrogen) atoms. The number of halogens is 1. The zero-order chi connectivity index (χ0) is 22.1. The summed E-state index contributed by atoms with van der Waals surface area (Å²) in [5, 5.41) is 3.75. The first-order chi connectivity index (χ1) is 14.8. The zero-order valence-corrected chi connectivity index (χ0v) is 19.0. The van der Waals surface area contributed by atoms with Crippen LogP contribution in [0.25, 0.3) is 0 Å². The van der Waals surface area contributed by atoms with Gasteiger partial charge in [-0.15, -0.1) is 0 Å². The Morgan fingerprint density at radius 2 is 1.55 bits per heavy atom. The number of rotatable bonds is 5. The van der Waals surface area contributed by atoms with Crippen molar-refractivity contribution < 1.29 is 9.59 Å². The lowest BCUT2D eigenvalue weighted by Crippen LogP contribution is -2.32. The Balaban J connectivity index is 1.78. The smallest absolute Gasteiger partial charge is 0.283 e. The maximum absolute atomic E-state index is 13.4. The summed E-state index contributed by atoms with van der Waals surface area (Å²) < 4.78 is 0. The fourth-order valence-corrected chi connectivity index (χ4v) is 4.40. The molecule has 1 N–H and O–H groups in total. The topological polar surface area (TPSA) is 49.4 Å². The molecule has 156 valence electrons. The maximum atomic E-state index is 13.4. The van der Waals surface area contributed by atoms with Gasteiger partial charge in [-0.3, -0.25) is 9.59 Å². The van der Waals surface area contributed by atoms with Gasteiger partial charge in [0.1, 0.15) is 10.6 Å². The minimum Gasteiger partial charge on any atom is -0.350 e. The van der Waals surface area contributed by atoms with Crippen LogP contribution in [-0.4, -0.2) is 11.8 Å². The van der Waals surface area contributed by atoms with Crippen LogP contribution in [0.2, 0.25) is 5.02 Å². The van der Waals surface area contributed by atoms with E-state index in [4.69, 9.17) is 11.6 Å². The van der Waals surface area contributed by atoms with Crippen LogP contribution >= 0.6 is 23.4 Å². The van der Waals surface area contributed by atoms with Crippen LogP contribution in [-0.2, 0) is 9.59 Å². The predicted molar refractivity (Wildman–Crippen MR) is 128 cm³/mol. The van der Waals surface area contributed by atoms with Crippen molar-refractivity contribution in [2.24, 2.45) is 0 Å². The van der Waals surface area contributed by atoms with Crippen molar-refractivity contribution >= 4 is 46.6 Å². The number of aryl methyl sites for hydroxylation is 3. The molecule has 0 atom stereocenters. The fourth-order valence-electron chi connectivity index (χ4n) is 3.28. The number of hydrogen-bond donors (Lipinski definition) is 1. The molecular weight excluding hydrogens is 428 g/mol. The Labute approximate surface area is 190 Å². The first-order valence-electron chi connectivity index (χ1n) is 9.81. The highest BCUT2D eigenvalue weighted by atomic mass is 35.5. The second-order valence-corrected chi connectivity index (χ2v) is 8.93. The van der Waals surface area contributed by atoms with E-state index >= 15 is 0 Å². The van der Waals surface area contributed by atoms with Crippen molar-refractivity contribution in [2.45, 2.75) is 25.7 Å². The van der Waals surface area contributed by atoms with Gasteiger partial charge < -0.3 is 5.32 Å². The lowest BCUT2D eigenvalue weighted by Gasteiger charge is -2.16. The van der Waals surface area contributed by atoms with Crippen molar-refractivity contribution in [3.8, 4) is 0 Å². The van der Waals surface area contributed by atoms with E-state index in [1.807, 2.05) is 69.3 Å². The summed E-state index contributed by atoms with van der Waals surface area (Å²) >= 11 is 7.55. The summed E-state index contributed by atoms with van der Waals surface area (Å²) in [6.07, 6.45) is 0. The molecule has 0 saturated carbocycles. The van der Waals surface area contributed by atoms with E-state index in [0.29, 0.717) is 15.6 Å². The standard InChI is InChI=1S/C25H21ClN2O2S/c1-15-9-10-17(3)21(13-15)27-22-23(31-19-7-5-4-6-8-19)25(30)28(24(22)29)18-12-11-16(2)20(26)14-18/h4-14,27H,1-3H3. The zero-order valence-electron chi connectivity index (χ0n) is 17.4. The van der Waals surface area contributed by atoms with Crippen molar-refractivity contribution in [1.82, 2.24) is 0 Å². The van der Waals surface area contributed by atoms with Gasteiger partial charge in [0, 0.05) is 15.6 Å². The number of carbonyl (C=O) groups is 2. The maximum Gasteiger partial charge on any atom is 0.283 e. The molecule has 0 aromatic heterocycles. The number of thioether (sulfide) groups is 1. The highest BCUT2D eigenvalue weighted by Crippen LogP contribution is 2.38. The van der Waals surface area contributed by atoms with E-state index in [9.17, 15) is 9.59 Å². The third-order valence-corrected chi connectivity index (χ3v) is 6.57. The number of nitrogens with zero attached hydrogens (tertiary/aromatic N) is 1. The highest BCUT2D eigenvalue weighted by molar-refractivity contribution is 8.04. The van der Waals surface area contributed by atoms with Crippen LogP contribution in [0.4, 0.5) is 11.4 Å². The Morgan fingerprint density at radius 3 is 2.26 bits per heavy atom. The molecule has 1 heterocycles. The molecule has 1 aliphatic rings. The molecule has 0 aliphatic carbocycles. The molecule has 0 spiro atoms. The number of nitrogens with one attached hydrogen (secondary N) is 1. The van der Waals surface area contributed by atoms with Crippen LogP contribution in [0.3, 0.4) is 0 Å². The SMILES string of the molecule is Cc1ccc(C)c(NC2=C(Sc3ccccc3)C(=O)N(c3ccc(C)c(Cl)c3)C2=O)c1. The largest absolute Gasteiger partial charge is 0.350 e. The molecular formula is C25H21ClN2O2S. The van der Waals surface area contributed by atoms with Gasteiger partial charge in [-0.05, 0) is 67.8 Å². The number of amides is 2. The van der Waals surface area contributed by atoms with Crippen molar-refractivity contribution in [2.75, 3.05) is 10.2 Å². The normalized spacial score (nSPS) is 13.9. The van der Waals surface area contributed by atoms with Gasteiger partial charge >= 0.3 is 0 Å². The van der Waals surface area contributed by atoms with Gasteiger partial charge in [-0.2, -0.15) is 0 Å². The van der Waals surface area contributed by atoms with E-state index in [-0.39, 0.29) is 11.6 Å². The second-order valence-electron chi connectivity index (χ2n) is 7.44. The van der Waals surface area contributed by atoms with Crippen LogP contribution < -0.4 is 10.2 Å². The Kier molecular flexibility index (Phi) is 5.90. The summed E-state index contributed by atoms with van der Waals surface area (Å²) in [6, 6.07) is 20.7. The number of imide groups is 1. The lowest BCUT2D eigenvalue weighted by atomic mass is 10.1. The van der Waals surface area contributed by atoms with E-state index in [0.717, 1.165) is 27.3 Å². The monoisotopic (exact) mass is 448 g/mol. The van der Waals surface area contributed by atoms with Crippen molar-refractivity contribution in [3.63, 3.8) is 0 Å². The quantitative estimate of drug-likeness (QED) is 0.468. The molecule has 2 amide bonds. The van der Waals surface area contributed by atoms with Gasteiger partial charge in [0.15, 0.2) is 0 Å². The highest BCUT2D eigenvalue weighted by Gasteiger charge is 2.40. The Bertz CT molecular complexity index is 1220. The number of benzene rings is 3. The summed E-state index contributed by atoms with van der Waals surface area (Å²) in [6.45, 7) is 5.83. The summed E-state index contributed by atoms with van der Waals surface area (Å²) in [4.78, 5) is 29.3. The minimum atomic E-state index is -0.399. The molecule has 0 saturated heterocycles. The molecule has 0 unspecified atom stereocenters. The van der Waals surface area contributed by atoms with Gasteiger partial charge in [0.2, 0.25) is 0 Å². The van der Waals surface area contributed by atoms with E-state index in [1.165, 1.54) is 16.7 Å². The van der Waals surface area contributed by atoms with E-state index < -0.39 is 5.91 Å². The van der Waals surface area contributed by atoms with Crippen molar-refractivity contribution in [1.29, 1.82) is 0 Å². The second kappa shape index (κ2) is 8.61. The fraction of sp³-hybridized carbons (Fsp3) is 0.120. The molecule has 3 aromatic rings. The number of carbonyl (C=O) groups excluding carboxylic acids is 2. The van der Waals surface area contributed by atoms with E-state index in [1.54, 1.807) is 18.2 Å². The van der Waals surface area contributed by atoms with Crippen LogP contribution in [0.15, 0.2) is 82.2 Å². The average Bonchev–Trinajstić information content (AvgIpc) is 2.97. The summed E-state index contributed by atoms with van der Waals surface area (Å²) in [7, 11) is 0. The third-order valence-electron chi connectivity index (χ3n) is 5.07. The average molecular weight is 449 g/mol. The summed E-state index contributed by atoms with van der Waals surface area (Å²) in [5.41, 5.74) is 4.44. The minimum absolute atomic E-state index is 0.268. The first-order valence-corrected chi connectivity index (χ1v) is 11.0. The van der Waals surface area contributed by atoms with Crippen LogP contribution in [0.1, 0.15) is 16.7 Å². The first kappa shape index (κ1) is 21.2. The molecule has 0 radical (unpaired) electrons. The van der Waals surface area contributed by atoms with Gasteiger partial charge in [-0.1, -0.05) is 59.8 Å². The molecule has 0 bridgehead atoms. The Morgan fingerprint density at radius 1 is 0.839 bits per heavy atom. The van der Waals surface area contributed by atoms with Crippen LogP contribution in [0, 0.1) is 20.8 Å². The third kappa shape index (κ3) is 4.24. The predicted octanol–water partition coefficient (Wildman–Crippen LogP) is 6.25. The van der Waals surface area contributed by atoms with Gasteiger partial charge in [-0.25, -0.2) is 4.90 Å².